The van der Waals surface area contributed by atoms with E-state index in [1.807, 2.05) is 38.9 Å². The molecule has 1 aromatic carbocycles. The predicted molar refractivity (Wildman–Crippen MR) is 87.9 cm³/mol. The van der Waals surface area contributed by atoms with Crippen molar-refractivity contribution in [2.45, 2.75) is 26.1 Å². The molecule has 1 atom stereocenters. The summed E-state index contributed by atoms with van der Waals surface area (Å²) in [4.78, 5) is 10.5. The molecule has 0 fully saturated rings. The summed E-state index contributed by atoms with van der Waals surface area (Å²) >= 11 is 0. The number of halogens is 3. The Morgan fingerprint density at radius 1 is 1.08 bits per heavy atom. The van der Waals surface area contributed by atoms with Gasteiger partial charge in [-0.3, -0.25) is 0 Å². The van der Waals surface area contributed by atoms with Crippen molar-refractivity contribution < 1.29 is 13.2 Å². The van der Waals surface area contributed by atoms with E-state index in [0.717, 1.165) is 17.5 Å². The van der Waals surface area contributed by atoms with Gasteiger partial charge in [0.05, 0.1) is 11.6 Å². The maximum absolute atomic E-state index is 12.9. The predicted octanol–water partition coefficient (Wildman–Crippen LogP) is 3.83. The van der Waals surface area contributed by atoms with Gasteiger partial charge in [0, 0.05) is 17.9 Å². The fourth-order valence-electron chi connectivity index (χ4n) is 2.51. The molecular formula is C17H21F3N4. The summed E-state index contributed by atoms with van der Waals surface area (Å²) in [6, 6.07) is 7.02. The zero-order valence-corrected chi connectivity index (χ0v) is 14.1. The van der Waals surface area contributed by atoms with Crippen molar-refractivity contribution in [3.8, 4) is 0 Å². The molecule has 0 spiro atoms. The Balaban J connectivity index is 2.21. The largest absolute Gasteiger partial charge is 0.416 e. The number of anilines is 1. The summed E-state index contributed by atoms with van der Waals surface area (Å²) < 4.78 is 38.8. The molecule has 4 nitrogen and oxygen atoms in total. The first-order valence-electron chi connectivity index (χ1n) is 7.56. The molecule has 0 radical (unpaired) electrons. The molecule has 2 rings (SSSR count). The fourth-order valence-corrected chi connectivity index (χ4v) is 2.51. The Bertz CT molecular complexity index is 678. The van der Waals surface area contributed by atoms with Crippen molar-refractivity contribution in [2.75, 3.05) is 26.0 Å². The monoisotopic (exact) mass is 338 g/mol. The quantitative estimate of drug-likeness (QED) is 0.900. The van der Waals surface area contributed by atoms with Crippen LogP contribution in [0.4, 0.5) is 19.1 Å². The van der Waals surface area contributed by atoms with Gasteiger partial charge in [0.25, 0.3) is 0 Å². The Labute approximate surface area is 139 Å². The normalized spacial score (nSPS) is 13.2. The van der Waals surface area contributed by atoms with Gasteiger partial charge < -0.3 is 10.2 Å². The van der Waals surface area contributed by atoms with E-state index in [4.69, 9.17) is 0 Å². The van der Waals surface area contributed by atoms with E-state index in [-0.39, 0.29) is 6.04 Å². The molecule has 1 heterocycles. The van der Waals surface area contributed by atoms with Crippen LogP contribution in [-0.4, -0.2) is 35.5 Å². The second-order valence-electron chi connectivity index (χ2n) is 5.96. The van der Waals surface area contributed by atoms with Crippen LogP contribution in [0, 0.1) is 13.8 Å². The molecular weight excluding hydrogens is 317 g/mol. The van der Waals surface area contributed by atoms with Gasteiger partial charge >= 0.3 is 6.18 Å². The highest BCUT2D eigenvalue weighted by molar-refractivity contribution is 5.32. The number of aromatic nitrogens is 2. The standard InChI is InChI=1S/C17H21F3N4/c1-11-8-12(2)23-16(22-11)21-10-15(24(3)4)13-6-5-7-14(9-13)17(18,19)20/h5-9,15H,10H2,1-4H3,(H,21,22,23). The second kappa shape index (κ2) is 7.17. The molecule has 0 aliphatic rings. The lowest BCUT2D eigenvalue weighted by atomic mass is 10.0. The number of nitrogens with zero attached hydrogens (tertiary/aromatic N) is 3. The smallest absolute Gasteiger partial charge is 0.352 e. The first-order valence-corrected chi connectivity index (χ1v) is 7.56. The van der Waals surface area contributed by atoms with Crippen molar-refractivity contribution in [1.29, 1.82) is 0 Å². The summed E-state index contributed by atoms with van der Waals surface area (Å²) in [7, 11) is 3.66. The minimum Gasteiger partial charge on any atom is -0.352 e. The lowest BCUT2D eigenvalue weighted by molar-refractivity contribution is -0.137. The van der Waals surface area contributed by atoms with E-state index < -0.39 is 11.7 Å². The van der Waals surface area contributed by atoms with Gasteiger partial charge in [0.2, 0.25) is 5.95 Å². The van der Waals surface area contributed by atoms with Crippen LogP contribution < -0.4 is 5.32 Å². The molecule has 130 valence electrons. The maximum Gasteiger partial charge on any atom is 0.416 e. The molecule has 0 bridgehead atoms. The number of hydrogen-bond donors (Lipinski definition) is 1. The van der Waals surface area contributed by atoms with E-state index in [1.165, 1.54) is 12.1 Å². The first-order chi connectivity index (χ1) is 11.2. The van der Waals surface area contributed by atoms with Gasteiger partial charge in [-0.2, -0.15) is 13.2 Å². The summed E-state index contributed by atoms with van der Waals surface area (Å²) in [6.07, 6.45) is -4.35. The molecule has 0 amide bonds. The van der Waals surface area contributed by atoms with Crippen LogP contribution in [0.3, 0.4) is 0 Å². The van der Waals surface area contributed by atoms with Gasteiger partial charge in [-0.1, -0.05) is 12.1 Å². The topological polar surface area (TPSA) is 41.1 Å². The summed E-state index contributed by atoms with van der Waals surface area (Å²) in [6.45, 7) is 4.14. The van der Waals surface area contributed by atoms with Crippen molar-refractivity contribution in [1.82, 2.24) is 14.9 Å². The molecule has 2 aromatic rings. The number of hydrogen-bond acceptors (Lipinski definition) is 4. The third-order valence-corrected chi connectivity index (χ3v) is 3.66. The number of alkyl halides is 3. The number of benzene rings is 1. The summed E-state index contributed by atoms with van der Waals surface area (Å²) in [5, 5.41) is 3.12. The fraction of sp³-hybridized carbons (Fsp3) is 0.412. The number of aryl methyl sites for hydroxylation is 2. The van der Waals surface area contributed by atoms with Crippen molar-refractivity contribution in [3.63, 3.8) is 0 Å². The average Bonchev–Trinajstić information content (AvgIpc) is 2.45. The lowest BCUT2D eigenvalue weighted by Crippen LogP contribution is -2.27. The molecule has 1 N–H and O–H groups in total. The van der Waals surface area contributed by atoms with Gasteiger partial charge in [-0.25, -0.2) is 9.97 Å². The van der Waals surface area contributed by atoms with Crippen LogP contribution in [0.5, 0.6) is 0 Å². The molecule has 0 saturated heterocycles. The van der Waals surface area contributed by atoms with Crippen molar-refractivity contribution in [3.05, 3.63) is 52.8 Å². The van der Waals surface area contributed by atoms with Crippen LogP contribution in [0.1, 0.15) is 28.6 Å². The maximum atomic E-state index is 12.9. The zero-order valence-electron chi connectivity index (χ0n) is 14.1. The van der Waals surface area contributed by atoms with Gasteiger partial charge in [-0.15, -0.1) is 0 Å². The van der Waals surface area contributed by atoms with E-state index in [9.17, 15) is 13.2 Å². The van der Waals surface area contributed by atoms with E-state index in [0.29, 0.717) is 18.1 Å². The molecule has 7 heteroatoms. The highest BCUT2D eigenvalue weighted by Crippen LogP contribution is 2.31. The highest BCUT2D eigenvalue weighted by atomic mass is 19.4. The van der Waals surface area contributed by atoms with Crippen LogP contribution in [0.15, 0.2) is 30.3 Å². The van der Waals surface area contributed by atoms with Gasteiger partial charge in [0.15, 0.2) is 0 Å². The van der Waals surface area contributed by atoms with Crippen LogP contribution in [0.2, 0.25) is 0 Å². The van der Waals surface area contributed by atoms with E-state index in [2.05, 4.69) is 15.3 Å². The van der Waals surface area contributed by atoms with Crippen LogP contribution >= 0.6 is 0 Å². The van der Waals surface area contributed by atoms with Crippen molar-refractivity contribution >= 4 is 5.95 Å². The Hall–Kier alpha value is -2.15. The lowest BCUT2D eigenvalue weighted by Gasteiger charge is -2.26. The average molecular weight is 338 g/mol. The minimum absolute atomic E-state index is 0.239. The number of likely N-dealkylation sites (N-methyl/N-ethyl adjacent to an activating group) is 1. The van der Waals surface area contributed by atoms with Gasteiger partial charge in [-0.05, 0) is 51.7 Å². The SMILES string of the molecule is Cc1cc(C)nc(NCC(c2cccc(C(F)(F)F)c2)N(C)C)n1. The number of nitrogens with one attached hydrogen (secondary N) is 1. The third kappa shape index (κ3) is 4.67. The molecule has 1 aromatic heterocycles. The zero-order chi connectivity index (χ0) is 17.9. The van der Waals surface area contributed by atoms with E-state index in [1.54, 1.807) is 6.07 Å². The van der Waals surface area contributed by atoms with Crippen LogP contribution in [-0.2, 0) is 6.18 Å². The highest BCUT2D eigenvalue weighted by Gasteiger charge is 2.31. The molecule has 1 unspecified atom stereocenters. The molecule has 0 saturated carbocycles. The first kappa shape index (κ1) is 18.2. The van der Waals surface area contributed by atoms with E-state index >= 15 is 0 Å². The van der Waals surface area contributed by atoms with Gasteiger partial charge in [0.1, 0.15) is 0 Å². The molecule has 0 aliphatic heterocycles. The molecule has 0 aliphatic carbocycles. The Morgan fingerprint density at radius 3 is 2.25 bits per heavy atom. The Kier molecular flexibility index (Phi) is 5.43. The van der Waals surface area contributed by atoms with Crippen molar-refractivity contribution in [2.24, 2.45) is 0 Å². The molecule has 24 heavy (non-hydrogen) atoms. The minimum atomic E-state index is -4.35. The third-order valence-electron chi connectivity index (χ3n) is 3.66. The number of rotatable bonds is 5. The summed E-state index contributed by atoms with van der Waals surface area (Å²) in [5.74, 6) is 0.478. The second-order valence-corrected chi connectivity index (χ2v) is 5.96. The van der Waals surface area contributed by atoms with Crippen LogP contribution in [0.25, 0.3) is 0 Å². The summed E-state index contributed by atoms with van der Waals surface area (Å²) in [5.41, 5.74) is 1.62. The Morgan fingerprint density at radius 2 is 1.71 bits per heavy atom.